The maximum absolute atomic E-state index is 6.22. The number of nitrogens with zero attached hydrogens (tertiary/aromatic N) is 2. The Hall–Kier alpha value is -0.830. The number of hydrogen-bond donors (Lipinski definition) is 1. The number of hydrogen-bond acceptors (Lipinski definition) is 2. The third-order valence-corrected chi connectivity index (χ3v) is 3.00. The van der Waals surface area contributed by atoms with Gasteiger partial charge in [-0.3, -0.25) is 4.68 Å². The van der Waals surface area contributed by atoms with Gasteiger partial charge in [0.25, 0.3) is 0 Å². The molecular weight excluding hydrogens is 162 g/mol. The largest absolute Gasteiger partial charge is 0.323 e. The van der Waals surface area contributed by atoms with Crippen molar-refractivity contribution in [1.29, 1.82) is 0 Å². The summed E-state index contributed by atoms with van der Waals surface area (Å²) in [4.78, 5) is 0. The van der Waals surface area contributed by atoms with Crippen LogP contribution in [0.25, 0.3) is 0 Å². The third kappa shape index (κ3) is 1.61. The van der Waals surface area contributed by atoms with Crippen molar-refractivity contribution in [1.82, 2.24) is 9.78 Å². The SMILES string of the molecule is CC(C)C1CC1(N)Cn1cccn1. The fraction of sp³-hybridized carbons (Fsp3) is 0.700. The zero-order valence-electron chi connectivity index (χ0n) is 8.27. The van der Waals surface area contributed by atoms with Crippen molar-refractivity contribution in [3.8, 4) is 0 Å². The normalized spacial score (nSPS) is 32.5. The van der Waals surface area contributed by atoms with Crippen molar-refractivity contribution in [2.24, 2.45) is 17.6 Å². The second-order valence-corrected chi connectivity index (χ2v) is 4.49. The molecular formula is C10H17N3. The summed E-state index contributed by atoms with van der Waals surface area (Å²) in [6.07, 6.45) is 4.92. The van der Waals surface area contributed by atoms with E-state index in [1.54, 1.807) is 6.20 Å². The summed E-state index contributed by atoms with van der Waals surface area (Å²) in [5, 5.41) is 4.17. The molecule has 13 heavy (non-hydrogen) atoms. The van der Waals surface area contributed by atoms with Gasteiger partial charge in [-0.15, -0.1) is 0 Å². The molecule has 1 saturated carbocycles. The molecule has 2 N–H and O–H groups in total. The van der Waals surface area contributed by atoms with Crippen molar-refractivity contribution in [3.63, 3.8) is 0 Å². The Kier molecular flexibility index (Phi) is 1.91. The summed E-state index contributed by atoms with van der Waals surface area (Å²) >= 11 is 0. The fourth-order valence-electron chi connectivity index (χ4n) is 2.13. The molecule has 0 radical (unpaired) electrons. The number of rotatable bonds is 3. The monoisotopic (exact) mass is 179 g/mol. The Bertz CT molecular complexity index is 278. The van der Waals surface area contributed by atoms with Gasteiger partial charge in [0, 0.05) is 17.9 Å². The van der Waals surface area contributed by atoms with Gasteiger partial charge in [0.2, 0.25) is 0 Å². The Labute approximate surface area is 78.9 Å². The zero-order valence-corrected chi connectivity index (χ0v) is 8.27. The van der Waals surface area contributed by atoms with Crippen LogP contribution >= 0.6 is 0 Å². The van der Waals surface area contributed by atoms with Crippen LogP contribution in [-0.4, -0.2) is 15.3 Å². The van der Waals surface area contributed by atoms with Crippen LogP contribution < -0.4 is 5.73 Å². The van der Waals surface area contributed by atoms with Crippen LogP contribution in [0.4, 0.5) is 0 Å². The molecule has 3 heteroatoms. The molecule has 72 valence electrons. The zero-order chi connectivity index (χ0) is 9.47. The number of aromatic nitrogens is 2. The summed E-state index contributed by atoms with van der Waals surface area (Å²) < 4.78 is 1.93. The molecule has 1 fully saturated rings. The first-order valence-corrected chi connectivity index (χ1v) is 4.88. The third-order valence-electron chi connectivity index (χ3n) is 3.00. The van der Waals surface area contributed by atoms with Crippen LogP contribution in [-0.2, 0) is 6.54 Å². The molecule has 0 aromatic carbocycles. The Morgan fingerprint density at radius 3 is 2.92 bits per heavy atom. The van der Waals surface area contributed by atoms with Gasteiger partial charge in [0.15, 0.2) is 0 Å². The molecule has 0 spiro atoms. The lowest BCUT2D eigenvalue weighted by molar-refractivity contribution is 0.416. The van der Waals surface area contributed by atoms with Crippen LogP contribution in [0.2, 0.25) is 0 Å². The van der Waals surface area contributed by atoms with E-state index in [0.717, 1.165) is 13.0 Å². The molecule has 1 aromatic rings. The standard InChI is InChI=1S/C10H17N3/c1-8(2)9-6-10(9,11)7-13-5-3-4-12-13/h3-5,8-9H,6-7,11H2,1-2H3. The van der Waals surface area contributed by atoms with Crippen LogP contribution in [0, 0.1) is 11.8 Å². The average molecular weight is 179 g/mol. The van der Waals surface area contributed by atoms with E-state index in [9.17, 15) is 0 Å². The lowest BCUT2D eigenvalue weighted by Gasteiger charge is -2.13. The predicted octanol–water partition coefficient (Wildman–Crippen LogP) is 1.26. The number of nitrogens with two attached hydrogens (primary N) is 1. The van der Waals surface area contributed by atoms with Gasteiger partial charge in [-0.25, -0.2) is 0 Å². The second-order valence-electron chi connectivity index (χ2n) is 4.49. The lowest BCUT2D eigenvalue weighted by Crippen LogP contribution is -2.32. The second kappa shape index (κ2) is 2.84. The van der Waals surface area contributed by atoms with E-state index in [4.69, 9.17) is 5.73 Å². The molecule has 2 unspecified atom stereocenters. The summed E-state index contributed by atoms with van der Waals surface area (Å²) in [6, 6.07) is 1.94. The van der Waals surface area contributed by atoms with Crippen LogP contribution in [0.15, 0.2) is 18.5 Å². The first-order valence-electron chi connectivity index (χ1n) is 4.88. The summed E-state index contributed by atoms with van der Waals surface area (Å²) in [5.41, 5.74) is 6.24. The van der Waals surface area contributed by atoms with Gasteiger partial charge in [0.05, 0.1) is 6.54 Å². The minimum atomic E-state index is 0.0141. The van der Waals surface area contributed by atoms with Gasteiger partial charge in [0.1, 0.15) is 0 Å². The molecule has 1 aliphatic carbocycles. The quantitative estimate of drug-likeness (QED) is 0.759. The topological polar surface area (TPSA) is 43.8 Å². The van der Waals surface area contributed by atoms with Gasteiger partial charge in [-0.2, -0.15) is 5.10 Å². The van der Waals surface area contributed by atoms with Gasteiger partial charge in [-0.1, -0.05) is 13.8 Å². The summed E-state index contributed by atoms with van der Waals surface area (Å²) in [5.74, 6) is 1.37. The first kappa shape index (κ1) is 8.75. The first-order chi connectivity index (χ1) is 6.12. The molecule has 0 aliphatic heterocycles. The smallest absolute Gasteiger partial charge is 0.0592 e. The Morgan fingerprint density at radius 1 is 1.69 bits per heavy atom. The van der Waals surface area contributed by atoms with Crippen molar-refractivity contribution in [2.75, 3.05) is 0 Å². The molecule has 0 saturated heterocycles. The van der Waals surface area contributed by atoms with E-state index < -0.39 is 0 Å². The summed E-state index contributed by atoms with van der Waals surface area (Å²) in [6.45, 7) is 5.34. The Morgan fingerprint density at radius 2 is 2.46 bits per heavy atom. The minimum Gasteiger partial charge on any atom is -0.323 e. The molecule has 2 rings (SSSR count). The van der Waals surface area contributed by atoms with Gasteiger partial charge in [-0.05, 0) is 24.3 Å². The fourth-order valence-corrected chi connectivity index (χ4v) is 2.13. The highest BCUT2D eigenvalue weighted by atomic mass is 15.3. The highest BCUT2D eigenvalue weighted by Gasteiger charge is 2.52. The average Bonchev–Trinajstić information content (AvgIpc) is 2.50. The molecule has 1 aromatic heterocycles. The molecule has 3 nitrogen and oxygen atoms in total. The summed E-state index contributed by atoms with van der Waals surface area (Å²) in [7, 11) is 0. The molecule has 2 atom stereocenters. The van der Waals surface area contributed by atoms with Crippen LogP contribution in [0.5, 0.6) is 0 Å². The van der Waals surface area contributed by atoms with Gasteiger partial charge >= 0.3 is 0 Å². The van der Waals surface area contributed by atoms with Crippen molar-refractivity contribution >= 4 is 0 Å². The van der Waals surface area contributed by atoms with E-state index in [1.165, 1.54) is 0 Å². The predicted molar refractivity (Wildman–Crippen MR) is 52.1 cm³/mol. The van der Waals surface area contributed by atoms with Crippen molar-refractivity contribution in [3.05, 3.63) is 18.5 Å². The van der Waals surface area contributed by atoms with E-state index in [2.05, 4.69) is 18.9 Å². The van der Waals surface area contributed by atoms with E-state index in [1.807, 2.05) is 16.9 Å². The van der Waals surface area contributed by atoms with Crippen molar-refractivity contribution < 1.29 is 0 Å². The molecule has 1 heterocycles. The highest BCUT2D eigenvalue weighted by molar-refractivity contribution is 5.08. The minimum absolute atomic E-state index is 0.0141. The molecule has 0 bridgehead atoms. The van der Waals surface area contributed by atoms with Crippen LogP contribution in [0.3, 0.4) is 0 Å². The maximum atomic E-state index is 6.22. The molecule has 0 amide bonds. The van der Waals surface area contributed by atoms with E-state index >= 15 is 0 Å². The molecule has 1 aliphatic rings. The lowest BCUT2D eigenvalue weighted by atomic mass is 10.0. The Balaban J connectivity index is 1.97. The van der Waals surface area contributed by atoms with Gasteiger partial charge < -0.3 is 5.73 Å². The highest BCUT2D eigenvalue weighted by Crippen LogP contribution is 2.47. The van der Waals surface area contributed by atoms with Crippen LogP contribution in [0.1, 0.15) is 20.3 Å². The maximum Gasteiger partial charge on any atom is 0.0592 e. The van der Waals surface area contributed by atoms with E-state index in [0.29, 0.717) is 11.8 Å². The van der Waals surface area contributed by atoms with E-state index in [-0.39, 0.29) is 5.54 Å². The van der Waals surface area contributed by atoms with Crippen molar-refractivity contribution in [2.45, 2.75) is 32.4 Å².